The Bertz CT molecular complexity index is 681. The summed E-state index contributed by atoms with van der Waals surface area (Å²) in [4.78, 5) is 0. The van der Waals surface area contributed by atoms with Crippen molar-refractivity contribution in [2.24, 2.45) is 0 Å². The fraction of sp³-hybridized carbons (Fsp3) is 0.500. The van der Waals surface area contributed by atoms with Gasteiger partial charge in [0.1, 0.15) is 5.60 Å². The first-order valence-corrected chi connectivity index (χ1v) is 7.11. The third-order valence-corrected chi connectivity index (χ3v) is 3.85. The number of hydrogen-bond donors (Lipinski definition) is 1. The second kappa shape index (κ2) is 5.89. The Morgan fingerprint density at radius 2 is 2.00 bits per heavy atom. The monoisotopic (exact) mass is 328 g/mol. The summed E-state index contributed by atoms with van der Waals surface area (Å²) in [5.74, 6) is 0.248. The van der Waals surface area contributed by atoms with Gasteiger partial charge < -0.3 is 9.84 Å². The first-order chi connectivity index (χ1) is 10.9. The topological polar surface area (TPSA) is 73.1 Å². The molecule has 0 saturated carbocycles. The van der Waals surface area contributed by atoms with Gasteiger partial charge in [0, 0.05) is 26.1 Å². The molecule has 0 aliphatic carbocycles. The van der Waals surface area contributed by atoms with E-state index in [0.717, 1.165) is 12.1 Å². The maximum Gasteiger partial charge on any atom is 0.416 e. The van der Waals surface area contributed by atoms with Gasteiger partial charge in [-0.2, -0.15) is 13.2 Å². The van der Waals surface area contributed by atoms with E-state index in [1.807, 2.05) is 0 Å². The summed E-state index contributed by atoms with van der Waals surface area (Å²) in [6.07, 6.45) is -3.72. The lowest BCUT2D eigenvalue weighted by atomic mass is 9.93. The highest BCUT2D eigenvalue weighted by Crippen LogP contribution is 2.31. The number of tetrazole rings is 1. The first kappa shape index (κ1) is 15.9. The van der Waals surface area contributed by atoms with Crippen molar-refractivity contribution >= 4 is 0 Å². The number of aliphatic hydroxyl groups is 1. The molecule has 0 amide bonds. The van der Waals surface area contributed by atoms with E-state index in [0.29, 0.717) is 31.6 Å². The van der Waals surface area contributed by atoms with Gasteiger partial charge in [-0.3, -0.25) is 0 Å². The van der Waals surface area contributed by atoms with Crippen molar-refractivity contribution in [3.63, 3.8) is 0 Å². The van der Waals surface area contributed by atoms with Crippen LogP contribution in [0.3, 0.4) is 0 Å². The van der Waals surface area contributed by atoms with Gasteiger partial charge in [-0.25, -0.2) is 4.68 Å². The highest BCUT2D eigenvalue weighted by molar-refractivity contribution is 5.26. The number of nitrogens with zero attached hydrogens (tertiary/aromatic N) is 4. The Kier molecular flexibility index (Phi) is 4.07. The van der Waals surface area contributed by atoms with Crippen LogP contribution >= 0.6 is 0 Å². The van der Waals surface area contributed by atoms with Crippen LogP contribution in [0.2, 0.25) is 0 Å². The maximum absolute atomic E-state index is 12.8. The molecule has 1 N–H and O–H groups in total. The molecule has 1 aromatic carbocycles. The van der Waals surface area contributed by atoms with Crippen molar-refractivity contribution in [3.05, 3.63) is 41.2 Å². The Labute approximate surface area is 129 Å². The van der Waals surface area contributed by atoms with Crippen molar-refractivity contribution in [3.8, 4) is 0 Å². The van der Waals surface area contributed by atoms with Crippen LogP contribution in [0.15, 0.2) is 24.3 Å². The second-order valence-corrected chi connectivity index (χ2v) is 5.50. The van der Waals surface area contributed by atoms with E-state index in [1.165, 1.54) is 10.7 Å². The zero-order valence-corrected chi connectivity index (χ0v) is 12.1. The lowest BCUT2D eigenvalue weighted by molar-refractivity contribution is -0.137. The third kappa shape index (κ3) is 3.35. The summed E-state index contributed by atoms with van der Waals surface area (Å²) in [5, 5.41) is 21.9. The van der Waals surface area contributed by atoms with Crippen molar-refractivity contribution in [1.82, 2.24) is 20.2 Å². The summed E-state index contributed by atoms with van der Waals surface area (Å²) in [5.41, 5.74) is -1.54. The molecule has 23 heavy (non-hydrogen) atoms. The SMILES string of the molecule is OC1(c2nnnn2Cc2cccc(C(F)(F)F)c2)CCOCC1. The lowest BCUT2D eigenvalue weighted by Crippen LogP contribution is -2.36. The standard InChI is InChI=1S/C14H15F3N4O2/c15-14(16,17)11-3-1-2-10(8-11)9-21-12(18-19-20-21)13(22)4-6-23-7-5-13/h1-3,8,22H,4-7,9H2. The predicted octanol–water partition coefficient (Wildman–Crippen LogP) is 1.74. The number of halogens is 3. The number of alkyl halides is 3. The minimum Gasteiger partial charge on any atom is -0.382 e. The fourth-order valence-corrected chi connectivity index (χ4v) is 2.60. The Hall–Kier alpha value is -2.00. The molecule has 2 heterocycles. The van der Waals surface area contributed by atoms with Gasteiger partial charge >= 0.3 is 6.18 Å². The molecule has 1 aliphatic heterocycles. The normalized spacial score (nSPS) is 18.1. The molecule has 0 atom stereocenters. The molecule has 6 nitrogen and oxygen atoms in total. The van der Waals surface area contributed by atoms with Crippen molar-refractivity contribution in [2.75, 3.05) is 13.2 Å². The zero-order valence-electron chi connectivity index (χ0n) is 12.1. The lowest BCUT2D eigenvalue weighted by Gasteiger charge is -2.30. The van der Waals surface area contributed by atoms with Crippen molar-refractivity contribution in [1.29, 1.82) is 0 Å². The van der Waals surface area contributed by atoms with Crippen LogP contribution in [0.4, 0.5) is 13.2 Å². The molecule has 0 bridgehead atoms. The molecule has 1 aromatic heterocycles. The van der Waals surface area contributed by atoms with E-state index in [4.69, 9.17) is 4.74 Å². The molecule has 124 valence electrons. The molecular weight excluding hydrogens is 313 g/mol. The molecule has 0 unspecified atom stereocenters. The first-order valence-electron chi connectivity index (χ1n) is 7.11. The average Bonchev–Trinajstić information content (AvgIpc) is 2.96. The fourth-order valence-electron chi connectivity index (χ4n) is 2.60. The summed E-state index contributed by atoms with van der Waals surface area (Å²) in [6.45, 7) is 0.815. The molecule has 1 aliphatic rings. The molecule has 3 rings (SSSR count). The van der Waals surface area contributed by atoms with Crippen molar-refractivity contribution in [2.45, 2.75) is 31.2 Å². The minimum atomic E-state index is -4.40. The van der Waals surface area contributed by atoms with Gasteiger partial charge in [-0.1, -0.05) is 12.1 Å². The van der Waals surface area contributed by atoms with Gasteiger partial charge in [-0.05, 0) is 28.1 Å². The van der Waals surface area contributed by atoms with Gasteiger partial charge in [-0.15, -0.1) is 5.10 Å². The van der Waals surface area contributed by atoms with Gasteiger partial charge in [0.05, 0.1) is 12.1 Å². The van der Waals surface area contributed by atoms with E-state index in [2.05, 4.69) is 15.5 Å². The zero-order chi connectivity index (χ0) is 16.5. The Morgan fingerprint density at radius 1 is 1.26 bits per heavy atom. The van der Waals surface area contributed by atoms with Crippen LogP contribution in [0, 0.1) is 0 Å². The average molecular weight is 328 g/mol. The van der Waals surface area contributed by atoms with Crippen molar-refractivity contribution < 1.29 is 23.0 Å². The molecule has 1 fully saturated rings. The number of aromatic nitrogens is 4. The van der Waals surface area contributed by atoms with E-state index < -0.39 is 17.3 Å². The Balaban J connectivity index is 1.86. The van der Waals surface area contributed by atoms with E-state index in [9.17, 15) is 18.3 Å². The van der Waals surface area contributed by atoms with Crippen LogP contribution in [-0.2, 0) is 23.1 Å². The third-order valence-electron chi connectivity index (χ3n) is 3.85. The van der Waals surface area contributed by atoms with Crippen LogP contribution in [0.1, 0.15) is 29.8 Å². The molecule has 9 heteroatoms. The van der Waals surface area contributed by atoms with Gasteiger partial charge in [0.2, 0.25) is 0 Å². The van der Waals surface area contributed by atoms with Crippen LogP contribution in [0.5, 0.6) is 0 Å². The Morgan fingerprint density at radius 3 is 2.70 bits per heavy atom. The van der Waals surface area contributed by atoms with E-state index in [-0.39, 0.29) is 12.4 Å². The molecule has 2 aromatic rings. The van der Waals surface area contributed by atoms with Crippen LogP contribution in [-0.4, -0.2) is 38.5 Å². The largest absolute Gasteiger partial charge is 0.416 e. The summed E-state index contributed by atoms with van der Waals surface area (Å²) < 4.78 is 44.9. The quantitative estimate of drug-likeness (QED) is 0.929. The second-order valence-electron chi connectivity index (χ2n) is 5.50. The number of ether oxygens (including phenoxy) is 1. The predicted molar refractivity (Wildman–Crippen MR) is 72.3 cm³/mol. The highest BCUT2D eigenvalue weighted by atomic mass is 19.4. The summed E-state index contributed by atoms with van der Waals surface area (Å²) in [6, 6.07) is 4.97. The summed E-state index contributed by atoms with van der Waals surface area (Å²) >= 11 is 0. The number of benzene rings is 1. The highest BCUT2D eigenvalue weighted by Gasteiger charge is 2.37. The molecule has 0 radical (unpaired) electrons. The molecular formula is C14H15F3N4O2. The maximum atomic E-state index is 12.8. The summed E-state index contributed by atoms with van der Waals surface area (Å²) in [7, 11) is 0. The smallest absolute Gasteiger partial charge is 0.382 e. The van der Waals surface area contributed by atoms with Gasteiger partial charge in [0.25, 0.3) is 0 Å². The van der Waals surface area contributed by atoms with Gasteiger partial charge in [0.15, 0.2) is 5.82 Å². The molecule has 1 saturated heterocycles. The van der Waals surface area contributed by atoms with E-state index in [1.54, 1.807) is 6.07 Å². The van der Waals surface area contributed by atoms with Crippen LogP contribution in [0.25, 0.3) is 0 Å². The number of rotatable bonds is 3. The van der Waals surface area contributed by atoms with E-state index >= 15 is 0 Å². The van der Waals surface area contributed by atoms with Crippen LogP contribution < -0.4 is 0 Å². The molecule has 0 spiro atoms. The minimum absolute atomic E-state index is 0.0510. The number of hydrogen-bond acceptors (Lipinski definition) is 5.